The van der Waals surface area contributed by atoms with Gasteiger partial charge in [-0.1, -0.05) is 0 Å². The van der Waals surface area contributed by atoms with E-state index in [1.807, 2.05) is 0 Å². The van der Waals surface area contributed by atoms with Gasteiger partial charge in [-0.15, -0.1) is 11.8 Å². The molecule has 0 radical (unpaired) electrons. The maximum atomic E-state index is 10.3. The fourth-order valence-corrected chi connectivity index (χ4v) is 1.80. The first-order valence-corrected chi connectivity index (χ1v) is 4.28. The van der Waals surface area contributed by atoms with Gasteiger partial charge in [-0.2, -0.15) is 0 Å². The minimum Gasteiger partial charge on any atom is -0.481 e. The lowest BCUT2D eigenvalue weighted by Gasteiger charge is -1.98. The molecule has 1 aliphatic heterocycles. The second-order valence-corrected chi connectivity index (χ2v) is 3.41. The molecule has 0 aromatic rings. The fraction of sp³-hybridized carbons (Fsp3) is 0.500. The molecule has 0 aromatic heterocycles. The number of hydrogen-bond acceptors (Lipinski definition) is 4. The zero-order valence-electron chi connectivity index (χ0n) is 6.06. The number of hydrogen-bond donors (Lipinski definition) is 2. The van der Waals surface area contributed by atoms with Gasteiger partial charge in [0.15, 0.2) is 0 Å². The van der Waals surface area contributed by atoms with Crippen molar-refractivity contribution in [3.8, 4) is 0 Å². The molecular weight excluding hydrogens is 182 g/mol. The number of carbonyl (C=O) groups is 2. The van der Waals surface area contributed by atoms with Crippen LogP contribution >= 0.6 is 11.8 Å². The molecule has 0 saturated heterocycles. The van der Waals surface area contributed by atoms with E-state index in [9.17, 15) is 9.59 Å². The van der Waals surface area contributed by atoms with E-state index in [0.29, 0.717) is 5.75 Å². The monoisotopic (exact) mass is 189 g/mol. The Hall–Kier alpha value is -1.04. The number of aliphatic carboxylic acids is 2. The van der Waals surface area contributed by atoms with Crippen LogP contribution in [0.25, 0.3) is 0 Å². The molecule has 66 valence electrons. The van der Waals surface area contributed by atoms with Gasteiger partial charge >= 0.3 is 11.9 Å². The topological polar surface area (TPSA) is 87.0 Å². The van der Waals surface area contributed by atoms with E-state index < -0.39 is 17.3 Å². The molecule has 0 aromatic carbocycles. The summed E-state index contributed by atoms with van der Waals surface area (Å²) in [6.07, 6.45) is -0.110. The molecule has 5 nitrogen and oxygen atoms in total. The molecule has 1 rings (SSSR count). The quantitative estimate of drug-likeness (QED) is 0.655. The predicted octanol–water partition coefficient (Wildman–Crippen LogP) is 0.0596. The van der Waals surface area contributed by atoms with Gasteiger partial charge in [0.05, 0.1) is 6.42 Å². The van der Waals surface area contributed by atoms with Crippen molar-refractivity contribution in [1.82, 2.24) is 0 Å². The Kier molecular flexibility index (Phi) is 2.69. The first-order valence-electron chi connectivity index (χ1n) is 3.23. The third-order valence-corrected chi connectivity index (χ3v) is 2.41. The summed E-state index contributed by atoms with van der Waals surface area (Å²) in [6.45, 7) is 0. The fourth-order valence-electron chi connectivity index (χ4n) is 0.794. The summed E-state index contributed by atoms with van der Waals surface area (Å²) < 4.78 is 0. The molecule has 1 atom stereocenters. The van der Waals surface area contributed by atoms with E-state index in [4.69, 9.17) is 10.2 Å². The number of rotatable bonds is 3. The third-order valence-electron chi connectivity index (χ3n) is 1.31. The summed E-state index contributed by atoms with van der Waals surface area (Å²) >= 11 is 1.24. The van der Waals surface area contributed by atoms with Crippen molar-refractivity contribution < 1.29 is 19.8 Å². The summed E-state index contributed by atoms with van der Waals surface area (Å²) in [5.74, 6) is -1.72. The molecule has 0 fully saturated rings. The summed E-state index contributed by atoms with van der Waals surface area (Å²) in [7, 11) is 0. The standard InChI is InChI=1S/C6H7NO4S/c8-5(9)1-4-7-3(2-12-4)6(10)11/h4H,1-2H2,(H,8,9)(H,10,11)/t4-/m1/s1. The van der Waals surface area contributed by atoms with Crippen molar-refractivity contribution >= 4 is 29.4 Å². The average molecular weight is 189 g/mol. The van der Waals surface area contributed by atoms with E-state index in [0.717, 1.165) is 0 Å². The lowest BCUT2D eigenvalue weighted by Crippen LogP contribution is -2.12. The molecule has 6 heteroatoms. The zero-order valence-corrected chi connectivity index (χ0v) is 6.87. The smallest absolute Gasteiger partial charge is 0.350 e. The third kappa shape index (κ3) is 2.23. The minimum atomic E-state index is -1.06. The van der Waals surface area contributed by atoms with Crippen molar-refractivity contribution in [2.75, 3.05) is 5.75 Å². The number of thioether (sulfide) groups is 1. The largest absolute Gasteiger partial charge is 0.481 e. The van der Waals surface area contributed by atoms with Crippen molar-refractivity contribution in [3.63, 3.8) is 0 Å². The molecule has 0 aliphatic carbocycles. The van der Waals surface area contributed by atoms with Crippen molar-refractivity contribution in [2.24, 2.45) is 4.99 Å². The van der Waals surface area contributed by atoms with Crippen LogP contribution in [-0.2, 0) is 9.59 Å². The average Bonchev–Trinajstić information content (AvgIpc) is 2.34. The van der Waals surface area contributed by atoms with E-state index in [-0.39, 0.29) is 12.1 Å². The van der Waals surface area contributed by atoms with Gasteiger partial charge in [-0.3, -0.25) is 9.79 Å². The van der Waals surface area contributed by atoms with E-state index >= 15 is 0 Å². The maximum Gasteiger partial charge on any atom is 0.350 e. The molecule has 12 heavy (non-hydrogen) atoms. The van der Waals surface area contributed by atoms with Crippen molar-refractivity contribution in [3.05, 3.63) is 0 Å². The number of aliphatic imine (C=N–C) groups is 1. The second kappa shape index (κ2) is 3.57. The van der Waals surface area contributed by atoms with Gasteiger partial charge in [0.2, 0.25) is 0 Å². The van der Waals surface area contributed by atoms with Crippen LogP contribution in [-0.4, -0.2) is 39.0 Å². The Morgan fingerprint density at radius 1 is 1.58 bits per heavy atom. The summed E-state index contributed by atoms with van der Waals surface area (Å²) in [4.78, 5) is 24.3. The van der Waals surface area contributed by atoms with Crippen LogP contribution in [0.1, 0.15) is 6.42 Å². The first kappa shape index (κ1) is 9.05. The van der Waals surface area contributed by atoms with Gasteiger partial charge in [0.25, 0.3) is 0 Å². The molecule has 0 unspecified atom stereocenters. The Morgan fingerprint density at radius 2 is 2.25 bits per heavy atom. The molecule has 2 N–H and O–H groups in total. The number of carboxylic acid groups (broad SMARTS) is 2. The summed E-state index contributed by atoms with van der Waals surface area (Å²) in [6, 6.07) is 0. The van der Waals surface area contributed by atoms with Gasteiger partial charge < -0.3 is 10.2 Å². The highest BCUT2D eigenvalue weighted by molar-refractivity contribution is 8.01. The van der Waals surface area contributed by atoms with E-state index in [1.54, 1.807) is 0 Å². The second-order valence-electron chi connectivity index (χ2n) is 2.24. The highest BCUT2D eigenvalue weighted by Gasteiger charge is 2.24. The molecular formula is C6H7NO4S. The zero-order chi connectivity index (χ0) is 9.14. The van der Waals surface area contributed by atoms with Crippen molar-refractivity contribution in [2.45, 2.75) is 11.8 Å². The summed E-state index contributed by atoms with van der Waals surface area (Å²) in [5, 5.41) is 16.4. The van der Waals surface area contributed by atoms with Gasteiger partial charge in [-0.25, -0.2) is 4.79 Å². The van der Waals surface area contributed by atoms with E-state index in [1.165, 1.54) is 11.8 Å². The lowest BCUT2D eigenvalue weighted by atomic mass is 10.4. The van der Waals surface area contributed by atoms with Gasteiger partial charge in [0, 0.05) is 5.75 Å². The van der Waals surface area contributed by atoms with Gasteiger partial charge in [-0.05, 0) is 0 Å². The van der Waals surface area contributed by atoms with Crippen LogP contribution in [0.5, 0.6) is 0 Å². The molecule has 1 aliphatic rings. The molecule has 0 spiro atoms. The van der Waals surface area contributed by atoms with Crippen LogP contribution in [0.2, 0.25) is 0 Å². The lowest BCUT2D eigenvalue weighted by molar-refractivity contribution is -0.137. The SMILES string of the molecule is O=C(O)C[C@@H]1N=C(C(=O)O)CS1. The highest BCUT2D eigenvalue weighted by atomic mass is 32.2. The molecule has 0 bridgehead atoms. The predicted molar refractivity (Wildman–Crippen MR) is 43.6 cm³/mol. The maximum absolute atomic E-state index is 10.3. The van der Waals surface area contributed by atoms with Gasteiger partial charge in [0.1, 0.15) is 11.1 Å². The Balaban J connectivity index is 2.53. The number of nitrogens with zero attached hydrogens (tertiary/aromatic N) is 1. The number of carboxylic acids is 2. The van der Waals surface area contributed by atoms with Crippen LogP contribution in [0.3, 0.4) is 0 Å². The van der Waals surface area contributed by atoms with Crippen molar-refractivity contribution in [1.29, 1.82) is 0 Å². The van der Waals surface area contributed by atoms with Crippen LogP contribution in [0, 0.1) is 0 Å². The van der Waals surface area contributed by atoms with Crippen LogP contribution < -0.4 is 0 Å². The normalized spacial score (nSPS) is 22.0. The Bertz CT molecular complexity index is 250. The minimum absolute atomic E-state index is 0.0613. The first-order chi connectivity index (χ1) is 5.59. The summed E-state index contributed by atoms with van der Waals surface area (Å²) in [5.41, 5.74) is 0.0613. The Labute approximate surface area is 72.5 Å². The highest BCUT2D eigenvalue weighted by Crippen LogP contribution is 2.23. The van der Waals surface area contributed by atoms with E-state index in [2.05, 4.69) is 4.99 Å². The van der Waals surface area contributed by atoms with Crippen LogP contribution in [0.15, 0.2) is 4.99 Å². The molecule has 0 amide bonds. The van der Waals surface area contributed by atoms with Crippen LogP contribution in [0.4, 0.5) is 0 Å². The Morgan fingerprint density at radius 3 is 2.67 bits per heavy atom. The molecule has 0 saturated carbocycles. The molecule has 1 heterocycles.